The number of aromatic nitrogens is 1. The third-order valence-electron chi connectivity index (χ3n) is 3.50. The lowest BCUT2D eigenvalue weighted by Crippen LogP contribution is -2.28. The highest BCUT2D eigenvalue weighted by Gasteiger charge is 2.30. The van der Waals surface area contributed by atoms with Crippen molar-refractivity contribution in [1.82, 2.24) is 10.3 Å². The molecule has 0 bridgehead atoms. The molecule has 0 spiro atoms. The molecule has 0 fully saturated rings. The molecule has 2 aromatic carbocycles. The van der Waals surface area contributed by atoms with Gasteiger partial charge in [0.05, 0.1) is 11.2 Å². The molecule has 0 saturated heterocycles. The van der Waals surface area contributed by atoms with Crippen LogP contribution in [0.1, 0.15) is 5.56 Å². The Bertz CT molecular complexity index is 906. The fourth-order valence-corrected chi connectivity index (χ4v) is 2.37. The number of halogens is 3. The van der Waals surface area contributed by atoms with E-state index in [-0.39, 0.29) is 12.3 Å². The number of nitrogens with one attached hydrogen (secondary N) is 2. The Hall–Kier alpha value is -3.29. The number of benzene rings is 2. The van der Waals surface area contributed by atoms with Gasteiger partial charge in [-0.2, -0.15) is 0 Å². The van der Waals surface area contributed by atoms with Gasteiger partial charge in [0, 0.05) is 18.1 Å². The van der Waals surface area contributed by atoms with Crippen molar-refractivity contribution in [1.29, 1.82) is 0 Å². The van der Waals surface area contributed by atoms with E-state index in [2.05, 4.69) is 20.4 Å². The van der Waals surface area contributed by atoms with Crippen molar-refractivity contribution in [2.75, 3.05) is 5.32 Å². The minimum atomic E-state index is -4.73. The molecule has 0 atom stereocenters. The van der Waals surface area contributed by atoms with Gasteiger partial charge in [-0.15, -0.1) is 13.2 Å². The van der Waals surface area contributed by atoms with Crippen LogP contribution in [0.4, 0.5) is 23.7 Å². The molecule has 5 nitrogen and oxygen atoms in total. The number of rotatable bonds is 4. The number of urea groups is 1. The quantitative estimate of drug-likeness (QED) is 0.721. The normalized spacial score (nSPS) is 11.2. The predicted molar refractivity (Wildman–Crippen MR) is 90.7 cm³/mol. The highest BCUT2D eigenvalue weighted by atomic mass is 19.4. The number of fused-ring (bicyclic) bond motifs is 1. The smallest absolute Gasteiger partial charge is 0.406 e. The number of carbonyl (C=O) groups excluding carboxylic acids is 1. The van der Waals surface area contributed by atoms with Crippen LogP contribution in [0.3, 0.4) is 0 Å². The van der Waals surface area contributed by atoms with Crippen LogP contribution in [0.5, 0.6) is 5.75 Å². The lowest BCUT2D eigenvalue weighted by atomic mass is 10.2. The number of anilines is 1. The van der Waals surface area contributed by atoms with E-state index in [1.807, 2.05) is 12.1 Å². The fraction of sp³-hybridized carbons (Fsp3) is 0.111. The number of amides is 2. The predicted octanol–water partition coefficient (Wildman–Crippen LogP) is 4.46. The average molecular weight is 361 g/mol. The summed E-state index contributed by atoms with van der Waals surface area (Å²) >= 11 is 0. The van der Waals surface area contributed by atoms with Crippen LogP contribution in [0.25, 0.3) is 10.9 Å². The molecule has 2 N–H and O–H groups in total. The highest BCUT2D eigenvalue weighted by molar-refractivity contribution is 6.00. The average Bonchev–Trinajstić information content (AvgIpc) is 2.60. The zero-order chi connectivity index (χ0) is 18.6. The minimum absolute atomic E-state index is 0.154. The molecule has 26 heavy (non-hydrogen) atoms. The van der Waals surface area contributed by atoms with Gasteiger partial charge in [0.2, 0.25) is 0 Å². The van der Waals surface area contributed by atoms with Crippen LogP contribution in [0.2, 0.25) is 0 Å². The maximum atomic E-state index is 12.1. The van der Waals surface area contributed by atoms with Gasteiger partial charge in [0.15, 0.2) is 0 Å². The third kappa shape index (κ3) is 4.62. The summed E-state index contributed by atoms with van der Waals surface area (Å²) in [5.74, 6) is -0.311. The molecule has 0 saturated carbocycles. The number of hydrogen-bond acceptors (Lipinski definition) is 3. The Labute approximate surface area is 146 Å². The maximum Gasteiger partial charge on any atom is 0.573 e. The molecule has 0 aliphatic rings. The van der Waals surface area contributed by atoms with Gasteiger partial charge < -0.3 is 15.4 Å². The molecular formula is C18H14F3N3O2. The Kier molecular flexibility index (Phi) is 4.92. The molecule has 2 amide bonds. The zero-order valence-electron chi connectivity index (χ0n) is 13.4. The van der Waals surface area contributed by atoms with Crippen molar-refractivity contribution < 1.29 is 22.7 Å². The van der Waals surface area contributed by atoms with E-state index < -0.39 is 12.4 Å². The van der Waals surface area contributed by atoms with Crippen molar-refractivity contribution in [3.63, 3.8) is 0 Å². The highest BCUT2D eigenvalue weighted by Crippen LogP contribution is 2.23. The van der Waals surface area contributed by atoms with Crippen LogP contribution in [0, 0.1) is 0 Å². The lowest BCUT2D eigenvalue weighted by molar-refractivity contribution is -0.274. The summed E-state index contributed by atoms with van der Waals surface area (Å²) in [4.78, 5) is 16.3. The third-order valence-corrected chi connectivity index (χ3v) is 3.50. The van der Waals surface area contributed by atoms with E-state index in [0.717, 1.165) is 10.9 Å². The molecule has 134 valence electrons. The second kappa shape index (κ2) is 7.30. The van der Waals surface area contributed by atoms with E-state index in [1.54, 1.807) is 24.4 Å². The first-order valence-corrected chi connectivity index (χ1v) is 7.64. The molecule has 0 aliphatic carbocycles. The van der Waals surface area contributed by atoms with Gasteiger partial charge in [-0.3, -0.25) is 4.98 Å². The number of hydrogen-bond donors (Lipinski definition) is 2. The second-order valence-electron chi connectivity index (χ2n) is 5.38. The first-order chi connectivity index (χ1) is 12.4. The van der Waals surface area contributed by atoms with Crippen LogP contribution < -0.4 is 15.4 Å². The van der Waals surface area contributed by atoms with Gasteiger partial charge >= 0.3 is 12.4 Å². The van der Waals surface area contributed by atoms with Crippen molar-refractivity contribution >= 4 is 22.6 Å². The van der Waals surface area contributed by atoms with Crippen molar-refractivity contribution in [3.05, 3.63) is 66.4 Å². The van der Waals surface area contributed by atoms with Crippen LogP contribution in [-0.2, 0) is 6.54 Å². The number of ether oxygens (including phenoxy) is 1. The van der Waals surface area contributed by atoms with E-state index in [1.165, 1.54) is 24.3 Å². The summed E-state index contributed by atoms with van der Waals surface area (Å²) in [7, 11) is 0. The van der Waals surface area contributed by atoms with Crippen LogP contribution in [-0.4, -0.2) is 17.4 Å². The number of carbonyl (C=O) groups is 1. The Balaban J connectivity index is 1.59. The number of alkyl halides is 3. The Morgan fingerprint density at radius 3 is 2.54 bits per heavy atom. The summed E-state index contributed by atoms with van der Waals surface area (Å²) in [6.45, 7) is 0.154. The molecule has 8 heteroatoms. The zero-order valence-corrected chi connectivity index (χ0v) is 13.4. The summed E-state index contributed by atoms with van der Waals surface area (Å²) in [6.07, 6.45) is -3.06. The summed E-state index contributed by atoms with van der Waals surface area (Å²) < 4.78 is 40.2. The molecule has 0 radical (unpaired) electrons. The molecule has 3 aromatic rings. The van der Waals surface area contributed by atoms with Crippen molar-refractivity contribution in [3.8, 4) is 5.75 Å². The molecule has 1 heterocycles. The maximum absolute atomic E-state index is 12.1. The Morgan fingerprint density at radius 2 is 1.81 bits per heavy atom. The standard InChI is InChI=1S/C18H14F3N3O2/c19-18(20,21)26-13-8-6-12(7-9-13)11-23-17(25)24-16-5-1-4-15-14(16)3-2-10-22-15/h1-10H,11H2,(H2,23,24,25). The summed E-state index contributed by atoms with van der Waals surface area (Å²) in [5.41, 5.74) is 2.00. The van der Waals surface area contributed by atoms with Gasteiger partial charge in [-0.1, -0.05) is 18.2 Å². The SMILES string of the molecule is O=C(NCc1ccc(OC(F)(F)F)cc1)Nc1cccc2ncccc12. The number of pyridine rings is 1. The molecular weight excluding hydrogens is 347 g/mol. The second-order valence-corrected chi connectivity index (χ2v) is 5.38. The van der Waals surface area contributed by atoms with Gasteiger partial charge in [-0.25, -0.2) is 4.79 Å². The molecule has 1 aromatic heterocycles. The molecule has 0 aliphatic heterocycles. The first-order valence-electron chi connectivity index (χ1n) is 7.64. The van der Waals surface area contributed by atoms with Crippen LogP contribution >= 0.6 is 0 Å². The van der Waals surface area contributed by atoms with Crippen LogP contribution in [0.15, 0.2) is 60.8 Å². The van der Waals surface area contributed by atoms with Gasteiger partial charge in [0.1, 0.15) is 5.75 Å². The first kappa shape index (κ1) is 17.5. The topological polar surface area (TPSA) is 63.2 Å². The number of nitrogens with zero attached hydrogens (tertiary/aromatic N) is 1. The van der Waals surface area contributed by atoms with E-state index >= 15 is 0 Å². The molecule has 0 unspecified atom stereocenters. The van der Waals surface area contributed by atoms with Gasteiger partial charge in [0.25, 0.3) is 0 Å². The van der Waals surface area contributed by atoms with E-state index in [9.17, 15) is 18.0 Å². The van der Waals surface area contributed by atoms with Gasteiger partial charge in [-0.05, 0) is 42.0 Å². The molecule has 3 rings (SSSR count). The fourth-order valence-electron chi connectivity index (χ4n) is 2.37. The monoisotopic (exact) mass is 361 g/mol. The van der Waals surface area contributed by atoms with E-state index in [0.29, 0.717) is 11.3 Å². The Morgan fingerprint density at radius 1 is 1.04 bits per heavy atom. The van der Waals surface area contributed by atoms with E-state index in [4.69, 9.17) is 0 Å². The van der Waals surface area contributed by atoms with Crippen molar-refractivity contribution in [2.45, 2.75) is 12.9 Å². The largest absolute Gasteiger partial charge is 0.573 e. The minimum Gasteiger partial charge on any atom is -0.406 e. The van der Waals surface area contributed by atoms with Crippen molar-refractivity contribution in [2.24, 2.45) is 0 Å². The summed E-state index contributed by atoms with van der Waals surface area (Å²) in [6, 6.07) is 13.8. The summed E-state index contributed by atoms with van der Waals surface area (Å²) in [5, 5.41) is 6.18. The lowest BCUT2D eigenvalue weighted by Gasteiger charge is -2.11.